The Labute approximate surface area is 179 Å². The molecule has 0 atom stereocenters. The van der Waals surface area contributed by atoms with Crippen LogP contribution in [0, 0.1) is 11.6 Å². The molecule has 1 fully saturated rings. The van der Waals surface area contributed by atoms with E-state index in [1.54, 1.807) is 17.0 Å². The summed E-state index contributed by atoms with van der Waals surface area (Å²) in [5, 5.41) is 2.81. The zero-order chi connectivity index (χ0) is 22.6. The van der Waals surface area contributed by atoms with Crippen LogP contribution in [0.15, 0.2) is 42.5 Å². The van der Waals surface area contributed by atoms with Crippen molar-refractivity contribution in [3.05, 3.63) is 70.8 Å². The molecule has 0 spiro atoms. The third-order valence-corrected chi connectivity index (χ3v) is 5.65. The summed E-state index contributed by atoms with van der Waals surface area (Å²) in [5.74, 6) is -4.29. The van der Waals surface area contributed by atoms with Gasteiger partial charge in [0.1, 0.15) is 11.6 Å². The third-order valence-electron chi connectivity index (χ3n) is 5.65. The number of amides is 2. The maximum atomic E-state index is 14.2. The second-order valence-corrected chi connectivity index (χ2v) is 8.14. The average Bonchev–Trinajstić information content (AvgIpc) is 2.72. The molecule has 2 amide bonds. The van der Waals surface area contributed by atoms with Gasteiger partial charge in [-0.1, -0.05) is 30.3 Å². The molecule has 1 aliphatic rings. The quantitative estimate of drug-likeness (QED) is 0.654. The molecule has 1 saturated heterocycles. The molecule has 168 valence electrons. The van der Waals surface area contributed by atoms with Gasteiger partial charge in [0.15, 0.2) is 0 Å². The van der Waals surface area contributed by atoms with E-state index in [1.807, 2.05) is 7.05 Å². The van der Waals surface area contributed by atoms with E-state index in [1.165, 1.54) is 24.3 Å². The number of halogens is 4. The van der Waals surface area contributed by atoms with Crippen LogP contribution in [-0.2, 0) is 19.0 Å². The molecule has 1 aliphatic heterocycles. The number of benzene rings is 2. The molecule has 4 nitrogen and oxygen atoms in total. The van der Waals surface area contributed by atoms with Crippen LogP contribution in [0.2, 0.25) is 0 Å². The number of alkyl halides is 2. The number of rotatable bonds is 6. The summed E-state index contributed by atoms with van der Waals surface area (Å²) >= 11 is 0. The SMILES string of the molecule is CN1CCC(N(Cc2ccc(F)cc2F)C(=O)NCc2ccc(C(C)(F)F)cc2)CC1. The molecule has 1 heterocycles. The number of carbonyl (C=O) groups is 1. The predicted molar refractivity (Wildman–Crippen MR) is 111 cm³/mol. The van der Waals surface area contributed by atoms with Gasteiger partial charge in [0.2, 0.25) is 0 Å². The lowest BCUT2D eigenvalue weighted by molar-refractivity contribution is 0.0174. The molecular formula is C23H27F4N3O. The van der Waals surface area contributed by atoms with Crippen molar-refractivity contribution in [2.45, 2.75) is 44.8 Å². The van der Waals surface area contributed by atoms with Crippen molar-refractivity contribution in [2.24, 2.45) is 0 Å². The Morgan fingerprint density at radius 1 is 1.13 bits per heavy atom. The molecule has 0 aromatic heterocycles. The van der Waals surface area contributed by atoms with Gasteiger partial charge in [-0.15, -0.1) is 0 Å². The van der Waals surface area contributed by atoms with E-state index >= 15 is 0 Å². The van der Waals surface area contributed by atoms with Crippen LogP contribution in [0.1, 0.15) is 36.5 Å². The molecule has 3 rings (SSSR count). The third kappa shape index (κ3) is 6.19. The molecule has 0 aliphatic carbocycles. The second-order valence-electron chi connectivity index (χ2n) is 8.14. The Bertz CT molecular complexity index is 891. The van der Waals surface area contributed by atoms with Crippen molar-refractivity contribution in [3.63, 3.8) is 0 Å². The van der Waals surface area contributed by atoms with Gasteiger partial charge in [0.05, 0.1) is 6.54 Å². The molecule has 2 aromatic rings. The second kappa shape index (κ2) is 9.68. The topological polar surface area (TPSA) is 35.6 Å². The standard InChI is InChI=1S/C23H27F4N3O/c1-23(26,27)18-6-3-16(4-7-18)14-28-22(31)30(20-9-11-29(2)12-10-20)15-17-5-8-19(24)13-21(17)25/h3-8,13,20H,9-12,14-15H2,1-2H3,(H,28,31). The van der Waals surface area contributed by atoms with E-state index in [-0.39, 0.29) is 36.3 Å². The van der Waals surface area contributed by atoms with Gasteiger partial charge >= 0.3 is 6.03 Å². The molecular weight excluding hydrogens is 410 g/mol. The Hall–Kier alpha value is -2.61. The zero-order valence-corrected chi connectivity index (χ0v) is 17.7. The summed E-state index contributed by atoms with van der Waals surface area (Å²) in [5.41, 5.74) is 0.824. The summed E-state index contributed by atoms with van der Waals surface area (Å²) < 4.78 is 54.2. The fourth-order valence-corrected chi connectivity index (χ4v) is 3.70. The van der Waals surface area contributed by atoms with E-state index in [0.29, 0.717) is 5.56 Å². The fraction of sp³-hybridized carbons (Fsp3) is 0.435. The first kappa shape index (κ1) is 23.1. The van der Waals surface area contributed by atoms with Crippen LogP contribution in [-0.4, -0.2) is 42.0 Å². The summed E-state index contributed by atoms with van der Waals surface area (Å²) in [4.78, 5) is 16.7. The summed E-state index contributed by atoms with van der Waals surface area (Å²) in [6, 6.07) is 8.65. The zero-order valence-electron chi connectivity index (χ0n) is 17.7. The van der Waals surface area contributed by atoms with Crippen LogP contribution in [0.3, 0.4) is 0 Å². The Kier molecular flexibility index (Phi) is 7.20. The summed E-state index contributed by atoms with van der Waals surface area (Å²) in [7, 11) is 2.00. The lowest BCUT2D eigenvalue weighted by Crippen LogP contribution is -2.49. The predicted octanol–water partition coefficient (Wildman–Crippen LogP) is 4.88. The number of piperidine rings is 1. The number of hydrogen-bond donors (Lipinski definition) is 1. The minimum Gasteiger partial charge on any atom is -0.334 e. The normalized spacial score (nSPS) is 15.7. The molecule has 1 N–H and O–H groups in total. The van der Waals surface area contributed by atoms with Crippen LogP contribution < -0.4 is 5.32 Å². The Morgan fingerprint density at radius 2 is 1.77 bits per heavy atom. The summed E-state index contributed by atoms with van der Waals surface area (Å²) in [6.45, 7) is 2.63. The van der Waals surface area contributed by atoms with Crippen molar-refractivity contribution in [1.29, 1.82) is 0 Å². The largest absolute Gasteiger partial charge is 0.334 e. The fourth-order valence-electron chi connectivity index (χ4n) is 3.70. The molecule has 0 radical (unpaired) electrons. The molecule has 31 heavy (non-hydrogen) atoms. The number of carbonyl (C=O) groups excluding carboxylic acids is 1. The number of nitrogens with zero attached hydrogens (tertiary/aromatic N) is 2. The maximum absolute atomic E-state index is 14.2. The van der Waals surface area contributed by atoms with E-state index in [4.69, 9.17) is 0 Å². The van der Waals surface area contributed by atoms with Gasteiger partial charge in [0, 0.05) is 36.7 Å². The first-order valence-corrected chi connectivity index (χ1v) is 10.3. The monoisotopic (exact) mass is 437 g/mol. The van der Waals surface area contributed by atoms with Crippen LogP contribution in [0.25, 0.3) is 0 Å². The molecule has 0 saturated carbocycles. The van der Waals surface area contributed by atoms with E-state index in [2.05, 4.69) is 10.2 Å². The average molecular weight is 437 g/mol. The van der Waals surface area contributed by atoms with Gasteiger partial charge in [-0.25, -0.2) is 22.4 Å². The minimum absolute atomic E-state index is 0.0212. The van der Waals surface area contributed by atoms with E-state index < -0.39 is 17.6 Å². The maximum Gasteiger partial charge on any atom is 0.318 e. The van der Waals surface area contributed by atoms with Gasteiger partial charge in [-0.05, 0) is 44.6 Å². The minimum atomic E-state index is -2.92. The number of nitrogens with one attached hydrogen (secondary N) is 1. The first-order chi connectivity index (χ1) is 14.6. The molecule has 8 heteroatoms. The molecule has 0 bridgehead atoms. The highest BCUT2D eigenvalue weighted by Crippen LogP contribution is 2.27. The van der Waals surface area contributed by atoms with Crippen molar-refractivity contribution in [2.75, 3.05) is 20.1 Å². The van der Waals surface area contributed by atoms with Gasteiger partial charge in [-0.2, -0.15) is 0 Å². The van der Waals surface area contributed by atoms with Crippen LogP contribution in [0.5, 0.6) is 0 Å². The van der Waals surface area contributed by atoms with Crippen LogP contribution in [0.4, 0.5) is 22.4 Å². The van der Waals surface area contributed by atoms with Crippen LogP contribution >= 0.6 is 0 Å². The first-order valence-electron chi connectivity index (χ1n) is 10.3. The summed E-state index contributed by atoms with van der Waals surface area (Å²) in [6.07, 6.45) is 1.49. The molecule has 0 unspecified atom stereocenters. The highest BCUT2D eigenvalue weighted by Gasteiger charge is 2.28. The highest BCUT2D eigenvalue weighted by atomic mass is 19.3. The van der Waals surface area contributed by atoms with Gasteiger partial charge in [-0.3, -0.25) is 0 Å². The lowest BCUT2D eigenvalue weighted by atomic mass is 10.0. The lowest BCUT2D eigenvalue weighted by Gasteiger charge is -2.37. The number of likely N-dealkylation sites (tertiary alicyclic amines) is 1. The van der Waals surface area contributed by atoms with Gasteiger partial charge < -0.3 is 15.1 Å². The van der Waals surface area contributed by atoms with E-state index in [9.17, 15) is 22.4 Å². The smallest absolute Gasteiger partial charge is 0.318 e. The highest BCUT2D eigenvalue weighted by molar-refractivity contribution is 5.74. The van der Waals surface area contributed by atoms with E-state index in [0.717, 1.165) is 38.9 Å². The van der Waals surface area contributed by atoms with Crippen molar-refractivity contribution < 1.29 is 22.4 Å². The van der Waals surface area contributed by atoms with Crippen molar-refractivity contribution >= 4 is 6.03 Å². The number of hydrogen-bond acceptors (Lipinski definition) is 2. The Morgan fingerprint density at radius 3 is 2.35 bits per heavy atom. The molecule has 2 aromatic carbocycles. The Balaban J connectivity index is 1.71. The van der Waals surface area contributed by atoms with Crippen molar-refractivity contribution in [1.82, 2.24) is 15.1 Å². The number of urea groups is 1. The van der Waals surface area contributed by atoms with Crippen molar-refractivity contribution in [3.8, 4) is 0 Å². The van der Waals surface area contributed by atoms with Gasteiger partial charge in [0.25, 0.3) is 5.92 Å².